The molecule has 28 heavy (non-hydrogen) atoms. The lowest BCUT2D eigenvalue weighted by Gasteiger charge is -2.60. The van der Waals surface area contributed by atoms with Crippen LogP contribution < -0.4 is 0 Å². The molecule has 0 bridgehead atoms. The summed E-state index contributed by atoms with van der Waals surface area (Å²) in [6, 6.07) is 0. The first-order valence-corrected chi connectivity index (χ1v) is 10.1. The van der Waals surface area contributed by atoms with E-state index in [9.17, 15) is 24.9 Å². The van der Waals surface area contributed by atoms with Crippen LogP contribution in [0.4, 0.5) is 4.39 Å². The van der Waals surface area contributed by atoms with Gasteiger partial charge in [0, 0.05) is 16.7 Å². The Kier molecular flexibility index (Phi) is 4.32. The molecule has 0 radical (unpaired) electrons. The molecule has 3 N–H and O–H groups in total. The molecule has 6 heteroatoms. The molecule has 0 aromatic rings. The number of aliphatic hydroxyl groups is 3. The molecular weight excluding hydrogens is 363 g/mol. The molecule has 9 atom stereocenters. The van der Waals surface area contributed by atoms with E-state index in [0.717, 1.165) is 0 Å². The number of alkyl halides is 1. The summed E-state index contributed by atoms with van der Waals surface area (Å²) in [7, 11) is 0. The lowest BCUT2D eigenvalue weighted by atomic mass is 9.46. The van der Waals surface area contributed by atoms with E-state index < -0.39 is 41.1 Å². The molecule has 0 amide bonds. The Morgan fingerprint density at radius 3 is 2.64 bits per heavy atom. The average Bonchev–Trinajstić information content (AvgIpc) is 2.83. The minimum atomic E-state index is -1.74. The smallest absolute Gasteiger partial charge is 0.190 e. The Morgan fingerprint density at radius 2 is 2.00 bits per heavy atom. The van der Waals surface area contributed by atoms with Gasteiger partial charge in [-0.1, -0.05) is 26.8 Å². The molecule has 4 aliphatic carbocycles. The van der Waals surface area contributed by atoms with Gasteiger partial charge < -0.3 is 15.3 Å². The van der Waals surface area contributed by atoms with E-state index in [2.05, 4.69) is 0 Å². The van der Waals surface area contributed by atoms with Gasteiger partial charge in [-0.25, -0.2) is 4.39 Å². The van der Waals surface area contributed by atoms with Crippen molar-refractivity contribution in [3.63, 3.8) is 0 Å². The maximum Gasteiger partial charge on any atom is 0.190 e. The molecule has 3 saturated carbocycles. The van der Waals surface area contributed by atoms with Crippen molar-refractivity contribution in [1.82, 2.24) is 0 Å². The molecule has 0 aliphatic heterocycles. The lowest BCUT2D eigenvalue weighted by Crippen LogP contribution is -2.63. The minimum Gasteiger partial charge on any atom is -0.393 e. The number of Topliss-reactive ketones (excluding diaryl/α,β-unsaturated/α-hetero) is 1. The summed E-state index contributed by atoms with van der Waals surface area (Å²) in [4.78, 5) is 24.4. The first-order chi connectivity index (χ1) is 13.0. The van der Waals surface area contributed by atoms with Crippen molar-refractivity contribution in [1.29, 1.82) is 0 Å². The maximum atomic E-state index is 15.2. The summed E-state index contributed by atoms with van der Waals surface area (Å²) in [5, 5.41) is 32.1. The van der Waals surface area contributed by atoms with Crippen LogP contribution >= 0.6 is 0 Å². The van der Waals surface area contributed by atoms with Crippen LogP contribution in [0.2, 0.25) is 0 Å². The number of hydrogen-bond acceptors (Lipinski definition) is 5. The number of hydrogen-bond donors (Lipinski definition) is 3. The van der Waals surface area contributed by atoms with Gasteiger partial charge in [0.15, 0.2) is 11.6 Å². The summed E-state index contributed by atoms with van der Waals surface area (Å²) >= 11 is 0. The Bertz CT molecular complexity index is 790. The van der Waals surface area contributed by atoms with Crippen LogP contribution in [0, 0.1) is 34.5 Å². The van der Waals surface area contributed by atoms with Gasteiger partial charge in [0.25, 0.3) is 0 Å². The standard InChI is InChI=1S/C22H29FO5/c1-11-6-14-13-8-16(23)15-7-12(25)4-5-20(15,2)19(13)17(26)9-21(14,3)22(11,28)18(27)10-24/h4-5,7,11,13-14,16-17,19,24,26,28H,6,8-10H2,1-3H3/t11-,13-,14-,16-,17?,19+,20-,21-,22-/m0/s1. The van der Waals surface area contributed by atoms with Crippen molar-refractivity contribution in [3.8, 4) is 0 Å². The molecule has 3 fully saturated rings. The first-order valence-electron chi connectivity index (χ1n) is 10.1. The first kappa shape index (κ1) is 19.9. The Hall–Kier alpha value is -1.37. The number of halogens is 1. The van der Waals surface area contributed by atoms with E-state index in [-0.39, 0.29) is 42.3 Å². The van der Waals surface area contributed by atoms with Gasteiger partial charge in [-0.05, 0) is 54.7 Å². The maximum absolute atomic E-state index is 15.2. The molecule has 4 aliphatic rings. The van der Waals surface area contributed by atoms with Gasteiger partial charge in [-0.3, -0.25) is 9.59 Å². The van der Waals surface area contributed by atoms with Crippen LogP contribution in [0.1, 0.15) is 40.0 Å². The number of allylic oxidation sites excluding steroid dienone is 4. The summed E-state index contributed by atoms with van der Waals surface area (Å²) in [6.07, 6.45) is 3.29. The van der Waals surface area contributed by atoms with Gasteiger partial charge in [-0.2, -0.15) is 0 Å². The van der Waals surface area contributed by atoms with Gasteiger partial charge in [-0.15, -0.1) is 0 Å². The molecule has 154 valence electrons. The molecule has 0 spiro atoms. The SMILES string of the molecule is C[C@H]1C[C@H]2[C@@H]3C[C@H](F)C4=CC(=O)C=C[C@]4(C)[C@H]3C(O)C[C@]2(C)[C@@]1(O)C(=O)CO. The number of ketones is 2. The fraction of sp³-hybridized carbons (Fsp3) is 0.727. The zero-order valence-corrected chi connectivity index (χ0v) is 16.6. The van der Waals surface area contributed by atoms with E-state index in [4.69, 9.17) is 0 Å². The third kappa shape index (κ3) is 2.22. The molecule has 5 nitrogen and oxygen atoms in total. The highest BCUT2D eigenvalue weighted by Crippen LogP contribution is 2.68. The fourth-order valence-electron chi connectivity index (χ4n) is 7.38. The van der Waals surface area contributed by atoms with E-state index in [1.165, 1.54) is 12.2 Å². The van der Waals surface area contributed by atoms with Crippen LogP contribution in [0.3, 0.4) is 0 Å². The zero-order valence-electron chi connectivity index (χ0n) is 16.6. The van der Waals surface area contributed by atoms with Crippen LogP contribution in [0.25, 0.3) is 0 Å². The van der Waals surface area contributed by atoms with Crippen molar-refractivity contribution < 1.29 is 29.3 Å². The Labute approximate surface area is 164 Å². The number of aliphatic hydroxyl groups excluding tert-OH is 2. The van der Waals surface area contributed by atoms with Crippen molar-refractivity contribution in [2.24, 2.45) is 34.5 Å². The molecule has 4 rings (SSSR count). The molecule has 0 aromatic heterocycles. The number of rotatable bonds is 2. The normalized spacial score (nSPS) is 52.5. The highest BCUT2D eigenvalue weighted by molar-refractivity contribution is 6.01. The Morgan fingerprint density at radius 1 is 1.32 bits per heavy atom. The van der Waals surface area contributed by atoms with Gasteiger partial charge in [0.1, 0.15) is 18.4 Å². The van der Waals surface area contributed by atoms with Gasteiger partial charge in [0.05, 0.1) is 6.10 Å². The van der Waals surface area contributed by atoms with Crippen LogP contribution in [0.5, 0.6) is 0 Å². The third-order valence-corrected chi connectivity index (χ3v) is 8.63. The second kappa shape index (κ2) is 6.07. The van der Waals surface area contributed by atoms with E-state index in [0.29, 0.717) is 12.0 Å². The lowest BCUT2D eigenvalue weighted by molar-refractivity contribution is -0.185. The second-order valence-electron chi connectivity index (χ2n) is 9.79. The second-order valence-corrected chi connectivity index (χ2v) is 9.79. The van der Waals surface area contributed by atoms with Crippen LogP contribution in [0.15, 0.2) is 23.8 Å². The average molecular weight is 392 g/mol. The zero-order chi connectivity index (χ0) is 20.6. The number of fused-ring (bicyclic) bond motifs is 5. The van der Waals surface area contributed by atoms with Crippen molar-refractivity contribution >= 4 is 11.6 Å². The molecule has 1 unspecified atom stereocenters. The fourth-order valence-corrected chi connectivity index (χ4v) is 7.38. The summed E-state index contributed by atoms with van der Waals surface area (Å²) in [5.41, 5.74) is -3.00. The highest BCUT2D eigenvalue weighted by atomic mass is 19.1. The third-order valence-electron chi connectivity index (χ3n) is 8.63. The molecule has 0 saturated heterocycles. The number of carbonyl (C=O) groups is 2. The molecular formula is C22H29FO5. The number of carbonyl (C=O) groups excluding carboxylic acids is 2. The predicted molar refractivity (Wildman–Crippen MR) is 99.9 cm³/mol. The summed E-state index contributed by atoms with van der Waals surface area (Å²) < 4.78 is 15.2. The Balaban J connectivity index is 1.81. The highest BCUT2D eigenvalue weighted by Gasteiger charge is 2.71. The summed E-state index contributed by atoms with van der Waals surface area (Å²) in [5.74, 6) is -1.92. The van der Waals surface area contributed by atoms with E-state index >= 15 is 4.39 Å². The van der Waals surface area contributed by atoms with E-state index in [1.54, 1.807) is 19.9 Å². The quantitative estimate of drug-likeness (QED) is 0.666. The minimum absolute atomic E-state index is 0.154. The van der Waals surface area contributed by atoms with Crippen molar-refractivity contribution in [3.05, 3.63) is 23.8 Å². The summed E-state index contributed by atoms with van der Waals surface area (Å²) in [6.45, 7) is 4.71. The van der Waals surface area contributed by atoms with Gasteiger partial charge >= 0.3 is 0 Å². The van der Waals surface area contributed by atoms with Crippen LogP contribution in [-0.2, 0) is 9.59 Å². The van der Waals surface area contributed by atoms with Crippen molar-refractivity contribution in [2.45, 2.75) is 57.9 Å². The van der Waals surface area contributed by atoms with E-state index in [1.807, 2.05) is 6.92 Å². The topological polar surface area (TPSA) is 94.8 Å². The monoisotopic (exact) mass is 392 g/mol. The van der Waals surface area contributed by atoms with Crippen LogP contribution in [-0.4, -0.2) is 51.4 Å². The van der Waals surface area contributed by atoms with Crippen molar-refractivity contribution in [2.75, 3.05) is 6.61 Å². The predicted octanol–water partition coefficient (Wildman–Crippen LogP) is 1.75. The van der Waals surface area contributed by atoms with Gasteiger partial charge in [0.2, 0.25) is 0 Å². The molecule has 0 heterocycles. The molecule has 0 aromatic carbocycles. The largest absolute Gasteiger partial charge is 0.393 e.